The van der Waals surface area contributed by atoms with Gasteiger partial charge in [-0.3, -0.25) is 4.79 Å². The summed E-state index contributed by atoms with van der Waals surface area (Å²) < 4.78 is 0. The van der Waals surface area contributed by atoms with Gasteiger partial charge in [0.15, 0.2) is 0 Å². The molecule has 5 heteroatoms. The van der Waals surface area contributed by atoms with Crippen LogP contribution in [0.15, 0.2) is 35.8 Å². The number of benzene rings is 1. The van der Waals surface area contributed by atoms with Crippen LogP contribution in [0.1, 0.15) is 5.56 Å². The van der Waals surface area contributed by atoms with Crippen LogP contribution in [-0.2, 0) is 11.3 Å². The maximum atomic E-state index is 11.0. The summed E-state index contributed by atoms with van der Waals surface area (Å²) in [7, 11) is 0. The van der Waals surface area contributed by atoms with Crippen LogP contribution in [0, 0.1) is 0 Å². The maximum absolute atomic E-state index is 11.0. The summed E-state index contributed by atoms with van der Waals surface area (Å²) in [6.07, 6.45) is 1.79. The van der Waals surface area contributed by atoms with Gasteiger partial charge in [-0.2, -0.15) is 0 Å². The van der Waals surface area contributed by atoms with Crippen LogP contribution in [0.2, 0.25) is 0 Å². The standard InChI is InChI=1S/C12H11ClN2OS/c13-7-11(16)15-8-9-1-3-10(4-2-9)12-14-5-6-17-12/h1-6H,7-8H2,(H,15,16). The minimum absolute atomic E-state index is 0.00278. The Labute approximate surface area is 108 Å². The first-order chi connectivity index (χ1) is 8.29. The van der Waals surface area contributed by atoms with Crippen LogP contribution >= 0.6 is 22.9 Å². The normalized spacial score (nSPS) is 10.2. The van der Waals surface area contributed by atoms with Crippen LogP contribution in [0.3, 0.4) is 0 Å². The molecule has 0 aliphatic heterocycles. The zero-order valence-corrected chi connectivity index (χ0v) is 10.6. The third kappa shape index (κ3) is 3.28. The lowest BCUT2D eigenvalue weighted by atomic mass is 10.1. The summed E-state index contributed by atoms with van der Waals surface area (Å²) in [6, 6.07) is 7.96. The molecule has 3 nitrogen and oxygen atoms in total. The smallest absolute Gasteiger partial charge is 0.235 e. The van der Waals surface area contributed by atoms with Crippen molar-refractivity contribution in [3.05, 3.63) is 41.4 Å². The van der Waals surface area contributed by atoms with E-state index in [-0.39, 0.29) is 11.8 Å². The quantitative estimate of drug-likeness (QED) is 0.865. The zero-order valence-electron chi connectivity index (χ0n) is 9.02. The van der Waals surface area contributed by atoms with Gasteiger partial charge >= 0.3 is 0 Å². The van der Waals surface area contributed by atoms with Crippen molar-refractivity contribution in [2.24, 2.45) is 0 Å². The number of hydrogen-bond donors (Lipinski definition) is 1. The highest BCUT2D eigenvalue weighted by Gasteiger charge is 2.01. The second-order valence-corrected chi connectivity index (χ2v) is 4.61. The van der Waals surface area contributed by atoms with Gasteiger partial charge in [0.2, 0.25) is 5.91 Å². The van der Waals surface area contributed by atoms with Gasteiger partial charge in [0.25, 0.3) is 0 Å². The Morgan fingerprint density at radius 2 is 2.12 bits per heavy atom. The Hall–Kier alpha value is -1.39. The third-order valence-electron chi connectivity index (χ3n) is 2.24. The number of halogens is 1. The van der Waals surface area contributed by atoms with E-state index in [0.29, 0.717) is 6.54 Å². The molecule has 1 amide bonds. The summed E-state index contributed by atoms with van der Waals surface area (Å²) >= 11 is 7.00. The van der Waals surface area contributed by atoms with Gasteiger partial charge in [-0.1, -0.05) is 24.3 Å². The Bertz CT molecular complexity index is 482. The van der Waals surface area contributed by atoms with E-state index in [0.717, 1.165) is 16.1 Å². The van der Waals surface area contributed by atoms with Crippen molar-refractivity contribution >= 4 is 28.8 Å². The number of alkyl halides is 1. The first kappa shape index (κ1) is 12.1. The van der Waals surface area contributed by atoms with Gasteiger partial charge < -0.3 is 5.32 Å². The van der Waals surface area contributed by atoms with Crippen LogP contribution in [-0.4, -0.2) is 16.8 Å². The van der Waals surface area contributed by atoms with Crippen LogP contribution in [0.4, 0.5) is 0 Å². The fourth-order valence-corrected chi connectivity index (χ4v) is 2.12. The summed E-state index contributed by atoms with van der Waals surface area (Å²) in [6.45, 7) is 0.504. The fraction of sp³-hybridized carbons (Fsp3) is 0.167. The SMILES string of the molecule is O=C(CCl)NCc1ccc(-c2nccs2)cc1. The molecule has 0 saturated carbocycles. The summed E-state index contributed by atoms with van der Waals surface area (Å²) in [5, 5.41) is 5.67. The topological polar surface area (TPSA) is 42.0 Å². The Kier molecular flexibility index (Phi) is 4.12. The van der Waals surface area contributed by atoms with E-state index in [9.17, 15) is 4.79 Å². The van der Waals surface area contributed by atoms with Gasteiger partial charge in [-0.15, -0.1) is 22.9 Å². The van der Waals surface area contributed by atoms with Crippen molar-refractivity contribution in [3.63, 3.8) is 0 Å². The molecular formula is C12H11ClN2OS. The third-order valence-corrected chi connectivity index (χ3v) is 3.31. The van der Waals surface area contributed by atoms with E-state index >= 15 is 0 Å². The minimum atomic E-state index is -0.157. The molecule has 1 aromatic carbocycles. The lowest BCUT2D eigenvalue weighted by Gasteiger charge is -2.04. The second kappa shape index (κ2) is 5.80. The molecule has 0 radical (unpaired) electrons. The molecule has 1 aromatic heterocycles. The molecular weight excluding hydrogens is 256 g/mol. The van der Waals surface area contributed by atoms with Crippen molar-refractivity contribution in [2.75, 3.05) is 5.88 Å². The molecule has 2 aromatic rings. The second-order valence-electron chi connectivity index (χ2n) is 3.44. The van der Waals surface area contributed by atoms with E-state index in [4.69, 9.17) is 11.6 Å². The largest absolute Gasteiger partial charge is 0.351 e. The van der Waals surface area contributed by atoms with Gasteiger partial charge in [-0.25, -0.2) is 4.98 Å². The monoisotopic (exact) mass is 266 g/mol. The number of nitrogens with one attached hydrogen (secondary N) is 1. The molecule has 0 aliphatic rings. The van der Waals surface area contributed by atoms with Crippen molar-refractivity contribution in [1.29, 1.82) is 0 Å². The maximum Gasteiger partial charge on any atom is 0.235 e. The highest BCUT2D eigenvalue weighted by atomic mass is 35.5. The van der Waals surface area contributed by atoms with Gasteiger partial charge in [0, 0.05) is 23.7 Å². The van der Waals surface area contributed by atoms with E-state index in [1.165, 1.54) is 0 Å². The van der Waals surface area contributed by atoms with Crippen LogP contribution < -0.4 is 5.32 Å². The summed E-state index contributed by atoms with van der Waals surface area (Å²) in [4.78, 5) is 15.2. The van der Waals surface area contributed by atoms with Crippen LogP contribution in [0.5, 0.6) is 0 Å². The number of hydrogen-bond acceptors (Lipinski definition) is 3. The molecule has 0 aliphatic carbocycles. The predicted molar refractivity (Wildman–Crippen MR) is 70.1 cm³/mol. The molecule has 0 saturated heterocycles. The highest BCUT2D eigenvalue weighted by Crippen LogP contribution is 2.21. The minimum Gasteiger partial charge on any atom is -0.351 e. The van der Waals surface area contributed by atoms with Crippen molar-refractivity contribution < 1.29 is 4.79 Å². The van der Waals surface area contributed by atoms with Gasteiger partial charge in [0.05, 0.1) is 0 Å². The lowest BCUT2D eigenvalue weighted by molar-refractivity contribution is -0.118. The molecule has 2 rings (SSSR count). The number of carbonyl (C=O) groups excluding carboxylic acids is 1. The van der Waals surface area contributed by atoms with Gasteiger partial charge in [-0.05, 0) is 5.56 Å². The van der Waals surface area contributed by atoms with Crippen molar-refractivity contribution in [1.82, 2.24) is 10.3 Å². The number of thiazole rings is 1. The highest BCUT2D eigenvalue weighted by molar-refractivity contribution is 7.13. The predicted octanol–water partition coefficient (Wildman–Crippen LogP) is 2.67. The molecule has 1 N–H and O–H groups in total. The number of aromatic nitrogens is 1. The first-order valence-corrected chi connectivity index (χ1v) is 6.52. The van der Waals surface area contributed by atoms with E-state index in [1.807, 2.05) is 29.6 Å². The molecule has 0 bridgehead atoms. The fourth-order valence-electron chi connectivity index (χ4n) is 1.38. The van der Waals surface area contributed by atoms with E-state index < -0.39 is 0 Å². The average Bonchev–Trinajstić information content (AvgIpc) is 2.90. The van der Waals surface area contributed by atoms with Crippen molar-refractivity contribution in [2.45, 2.75) is 6.54 Å². The molecule has 88 valence electrons. The first-order valence-electron chi connectivity index (χ1n) is 5.11. The number of carbonyl (C=O) groups is 1. The molecule has 0 spiro atoms. The van der Waals surface area contributed by atoms with Crippen LogP contribution in [0.25, 0.3) is 10.6 Å². The van der Waals surface area contributed by atoms with Gasteiger partial charge in [0.1, 0.15) is 10.9 Å². The number of nitrogens with zero attached hydrogens (tertiary/aromatic N) is 1. The Morgan fingerprint density at radius 1 is 1.35 bits per heavy atom. The Morgan fingerprint density at radius 3 is 2.71 bits per heavy atom. The molecule has 0 fully saturated rings. The summed E-state index contributed by atoms with van der Waals surface area (Å²) in [5.74, 6) is -0.160. The zero-order chi connectivity index (χ0) is 12.1. The van der Waals surface area contributed by atoms with E-state index in [1.54, 1.807) is 17.5 Å². The summed E-state index contributed by atoms with van der Waals surface area (Å²) in [5.41, 5.74) is 2.14. The molecule has 17 heavy (non-hydrogen) atoms. The molecule has 1 heterocycles. The Balaban J connectivity index is 2.01. The number of amides is 1. The van der Waals surface area contributed by atoms with E-state index in [2.05, 4.69) is 10.3 Å². The molecule has 0 unspecified atom stereocenters. The lowest BCUT2D eigenvalue weighted by Crippen LogP contribution is -2.23. The van der Waals surface area contributed by atoms with Crippen molar-refractivity contribution in [3.8, 4) is 10.6 Å². The molecule has 0 atom stereocenters. The number of rotatable bonds is 4. The average molecular weight is 267 g/mol.